The summed E-state index contributed by atoms with van der Waals surface area (Å²) >= 11 is 0. The fraction of sp³-hybridized carbons (Fsp3) is 0.444. The van der Waals surface area contributed by atoms with Gasteiger partial charge in [-0.05, 0) is 6.92 Å². The first kappa shape index (κ1) is 14.9. The van der Waals surface area contributed by atoms with E-state index in [1.54, 1.807) is 0 Å². The van der Waals surface area contributed by atoms with Crippen LogP contribution in [0.4, 0.5) is 0 Å². The van der Waals surface area contributed by atoms with Crippen molar-refractivity contribution in [2.45, 2.75) is 13.3 Å². The van der Waals surface area contributed by atoms with Crippen molar-refractivity contribution in [1.29, 1.82) is 0 Å². The van der Waals surface area contributed by atoms with Gasteiger partial charge in [0.05, 0.1) is 14.2 Å². The fourth-order valence-electron chi connectivity index (χ4n) is 0.359. The van der Waals surface area contributed by atoms with Gasteiger partial charge >= 0.3 is 11.9 Å². The van der Waals surface area contributed by atoms with Crippen LogP contribution in [0.1, 0.15) is 13.3 Å². The molecular weight excluding hydrogens is 188 g/mol. The highest BCUT2D eigenvalue weighted by Crippen LogP contribution is 1.83. The Hall–Kier alpha value is -1.65. The Balaban J connectivity index is 0. The summed E-state index contributed by atoms with van der Waals surface area (Å²) in [5.41, 5.74) is 0. The summed E-state index contributed by atoms with van der Waals surface area (Å²) in [5, 5.41) is 0. The molecule has 0 aliphatic heterocycles. The minimum Gasteiger partial charge on any atom is -0.469 e. The lowest BCUT2D eigenvalue weighted by molar-refractivity contribution is -0.143. The lowest BCUT2D eigenvalue weighted by atomic mass is 10.3. The van der Waals surface area contributed by atoms with Gasteiger partial charge in [0.2, 0.25) is 0 Å². The van der Waals surface area contributed by atoms with Gasteiger partial charge in [-0.1, -0.05) is 6.58 Å². The Morgan fingerprint density at radius 3 is 1.79 bits per heavy atom. The van der Waals surface area contributed by atoms with Gasteiger partial charge in [0.25, 0.3) is 0 Å². The number of ketones is 1. The Kier molecular flexibility index (Phi) is 10.0. The molecule has 0 saturated carbocycles. The molecule has 0 aromatic carbocycles. The summed E-state index contributed by atoms with van der Waals surface area (Å²) in [6, 6.07) is 0. The zero-order valence-electron chi connectivity index (χ0n) is 8.53. The van der Waals surface area contributed by atoms with Crippen molar-refractivity contribution in [3.8, 4) is 0 Å². The van der Waals surface area contributed by atoms with Gasteiger partial charge in [0.15, 0.2) is 0 Å². The standard InChI is InChI=1S/C5H8O3.C4H6O2/c1-4(6)3-5(7)8-2;1-3-4(5)6-2/h3H2,1-2H3;3H,1H2,2H3. The smallest absolute Gasteiger partial charge is 0.329 e. The number of rotatable bonds is 3. The topological polar surface area (TPSA) is 69.7 Å². The zero-order chi connectivity index (χ0) is 11.6. The van der Waals surface area contributed by atoms with Crippen molar-refractivity contribution in [3.05, 3.63) is 12.7 Å². The molecule has 5 nitrogen and oxygen atoms in total. The zero-order valence-corrected chi connectivity index (χ0v) is 8.53. The average molecular weight is 202 g/mol. The van der Waals surface area contributed by atoms with Crippen molar-refractivity contribution in [3.63, 3.8) is 0 Å². The summed E-state index contributed by atoms with van der Waals surface area (Å²) in [7, 11) is 2.56. The molecule has 0 aromatic rings. The van der Waals surface area contributed by atoms with E-state index < -0.39 is 11.9 Å². The number of carbonyl (C=O) groups excluding carboxylic acids is 3. The molecule has 0 aliphatic rings. The van der Waals surface area contributed by atoms with Gasteiger partial charge in [0, 0.05) is 6.08 Å². The summed E-state index contributed by atoms with van der Waals surface area (Å²) in [4.78, 5) is 30.1. The molecule has 80 valence electrons. The molecule has 0 radical (unpaired) electrons. The van der Waals surface area contributed by atoms with Crippen molar-refractivity contribution in [2.75, 3.05) is 14.2 Å². The molecule has 0 heterocycles. The van der Waals surface area contributed by atoms with Gasteiger partial charge in [-0.15, -0.1) is 0 Å². The van der Waals surface area contributed by atoms with E-state index in [9.17, 15) is 14.4 Å². The van der Waals surface area contributed by atoms with Crippen LogP contribution in [-0.2, 0) is 23.9 Å². The lowest BCUT2D eigenvalue weighted by Crippen LogP contribution is -2.05. The molecule has 14 heavy (non-hydrogen) atoms. The van der Waals surface area contributed by atoms with Crippen LogP contribution < -0.4 is 0 Å². The highest BCUT2D eigenvalue weighted by molar-refractivity contribution is 5.93. The normalized spacial score (nSPS) is 7.64. The predicted octanol–water partition coefficient (Wildman–Crippen LogP) is 0.484. The van der Waals surface area contributed by atoms with Crippen LogP contribution in [0.25, 0.3) is 0 Å². The largest absolute Gasteiger partial charge is 0.469 e. The summed E-state index contributed by atoms with van der Waals surface area (Å²) < 4.78 is 8.34. The molecule has 0 aromatic heterocycles. The lowest BCUT2D eigenvalue weighted by Gasteiger charge is -1.90. The fourth-order valence-corrected chi connectivity index (χ4v) is 0.359. The first-order chi connectivity index (χ1) is 6.47. The molecular formula is C9H14O5. The van der Waals surface area contributed by atoms with Crippen LogP contribution in [0.3, 0.4) is 0 Å². The molecule has 0 atom stereocenters. The van der Waals surface area contributed by atoms with E-state index in [0.717, 1.165) is 6.08 Å². The SMILES string of the molecule is C=CC(=O)OC.COC(=O)CC(C)=O. The van der Waals surface area contributed by atoms with Crippen LogP contribution >= 0.6 is 0 Å². The van der Waals surface area contributed by atoms with Crippen molar-refractivity contribution in [2.24, 2.45) is 0 Å². The summed E-state index contributed by atoms with van der Waals surface area (Å²) in [6.07, 6.45) is 0.997. The van der Waals surface area contributed by atoms with E-state index in [2.05, 4.69) is 16.1 Å². The van der Waals surface area contributed by atoms with E-state index >= 15 is 0 Å². The summed E-state index contributed by atoms with van der Waals surface area (Å²) in [6.45, 7) is 4.50. The van der Waals surface area contributed by atoms with Crippen molar-refractivity contribution >= 4 is 17.7 Å². The highest BCUT2D eigenvalue weighted by atomic mass is 16.5. The minimum absolute atomic E-state index is 0.115. The maximum Gasteiger partial charge on any atom is 0.329 e. The Labute approximate surface area is 82.7 Å². The second-order valence-corrected chi connectivity index (χ2v) is 2.18. The molecule has 0 spiro atoms. The number of ether oxygens (including phenoxy) is 2. The van der Waals surface area contributed by atoms with E-state index in [1.165, 1.54) is 21.1 Å². The van der Waals surface area contributed by atoms with Crippen LogP contribution in [0.2, 0.25) is 0 Å². The number of esters is 2. The Morgan fingerprint density at radius 2 is 1.71 bits per heavy atom. The maximum atomic E-state index is 10.2. The van der Waals surface area contributed by atoms with Gasteiger partial charge in [-0.2, -0.15) is 0 Å². The van der Waals surface area contributed by atoms with Crippen LogP contribution in [0.5, 0.6) is 0 Å². The van der Waals surface area contributed by atoms with Gasteiger partial charge in [-0.25, -0.2) is 4.79 Å². The number of carbonyl (C=O) groups is 3. The van der Waals surface area contributed by atoms with Crippen LogP contribution in [0, 0.1) is 0 Å². The molecule has 0 aliphatic carbocycles. The molecule has 0 N–H and O–H groups in total. The van der Waals surface area contributed by atoms with E-state index in [-0.39, 0.29) is 12.2 Å². The Morgan fingerprint density at radius 1 is 1.21 bits per heavy atom. The average Bonchev–Trinajstić information content (AvgIpc) is 2.16. The third kappa shape index (κ3) is 13.0. The second-order valence-electron chi connectivity index (χ2n) is 2.18. The number of hydrogen-bond acceptors (Lipinski definition) is 5. The van der Waals surface area contributed by atoms with Crippen molar-refractivity contribution in [1.82, 2.24) is 0 Å². The first-order valence-electron chi connectivity index (χ1n) is 3.74. The van der Waals surface area contributed by atoms with Gasteiger partial charge < -0.3 is 9.47 Å². The second kappa shape index (κ2) is 9.44. The van der Waals surface area contributed by atoms with Crippen LogP contribution in [0.15, 0.2) is 12.7 Å². The monoisotopic (exact) mass is 202 g/mol. The predicted molar refractivity (Wildman–Crippen MR) is 49.5 cm³/mol. The number of Topliss-reactive ketones (excluding diaryl/α,β-unsaturated/α-hetero) is 1. The quantitative estimate of drug-likeness (QED) is 0.378. The van der Waals surface area contributed by atoms with E-state index in [4.69, 9.17) is 0 Å². The molecule has 0 unspecified atom stereocenters. The Bertz CT molecular complexity index is 219. The third-order valence-electron chi connectivity index (χ3n) is 0.989. The first-order valence-corrected chi connectivity index (χ1v) is 3.74. The van der Waals surface area contributed by atoms with Crippen LogP contribution in [-0.4, -0.2) is 31.9 Å². The molecule has 0 amide bonds. The van der Waals surface area contributed by atoms with Gasteiger partial charge in [-0.3, -0.25) is 9.59 Å². The highest BCUT2D eigenvalue weighted by Gasteiger charge is 2.01. The molecule has 0 bridgehead atoms. The van der Waals surface area contributed by atoms with E-state index in [1.807, 2.05) is 0 Å². The van der Waals surface area contributed by atoms with Gasteiger partial charge in [0.1, 0.15) is 12.2 Å². The van der Waals surface area contributed by atoms with Crippen molar-refractivity contribution < 1.29 is 23.9 Å². The minimum atomic E-state index is -0.475. The number of hydrogen-bond donors (Lipinski definition) is 0. The van der Waals surface area contributed by atoms with E-state index in [0.29, 0.717) is 0 Å². The molecule has 0 saturated heterocycles. The maximum absolute atomic E-state index is 10.2. The molecule has 0 fully saturated rings. The number of methoxy groups -OCH3 is 2. The third-order valence-corrected chi connectivity index (χ3v) is 0.989. The molecule has 5 heteroatoms. The summed E-state index contributed by atoms with van der Waals surface area (Å²) in [5.74, 6) is -1.04. The molecule has 0 rings (SSSR count).